The quantitative estimate of drug-likeness (QED) is 0.529. The zero-order chi connectivity index (χ0) is 23.4. The van der Waals surface area contributed by atoms with Crippen LogP contribution in [0.5, 0.6) is 0 Å². The summed E-state index contributed by atoms with van der Waals surface area (Å²) < 4.78 is 39.7. The highest BCUT2D eigenvalue weighted by molar-refractivity contribution is 6.02. The minimum Gasteiger partial charge on any atom is -0.321 e. The number of para-hydroxylation sites is 1. The van der Waals surface area contributed by atoms with Gasteiger partial charge in [0.05, 0.1) is 11.3 Å². The van der Waals surface area contributed by atoms with E-state index in [-0.39, 0.29) is 23.1 Å². The van der Waals surface area contributed by atoms with E-state index in [9.17, 15) is 22.8 Å². The molecule has 0 spiro atoms. The van der Waals surface area contributed by atoms with Crippen molar-refractivity contribution in [3.63, 3.8) is 0 Å². The molecule has 3 aromatic rings. The predicted molar refractivity (Wildman–Crippen MR) is 115 cm³/mol. The summed E-state index contributed by atoms with van der Waals surface area (Å²) in [5.74, 6) is -1.31. The first-order valence-electron chi connectivity index (χ1n) is 10.6. The number of anilines is 1. The molecule has 1 N–H and O–H groups in total. The molecule has 0 unspecified atom stereocenters. The van der Waals surface area contributed by atoms with E-state index in [4.69, 9.17) is 0 Å². The van der Waals surface area contributed by atoms with E-state index in [1.165, 1.54) is 6.20 Å². The maximum absolute atomic E-state index is 13.2. The van der Waals surface area contributed by atoms with Crippen LogP contribution in [0, 0.1) is 5.92 Å². The number of hydrogen-bond acceptors (Lipinski definition) is 5. The zero-order valence-electron chi connectivity index (χ0n) is 17.5. The Labute approximate surface area is 188 Å². The molecule has 33 heavy (non-hydrogen) atoms. The third-order valence-corrected chi connectivity index (χ3v) is 5.86. The smallest absolute Gasteiger partial charge is 0.321 e. The molecule has 4 rings (SSSR count). The predicted octanol–water partition coefficient (Wildman–Crippen LogP) is 5.30. The number of ketones is 1. The maximum Gasteiger partial charge on any atom is 0.418 e. The van der Waals surface area contributed by atoms with Crippen LogP contribution in [0.15, 0.2) is 60.9 Å². The molecule has 1 aliphatic rings. The number of Topliss-reactive ketones (excluding diaryl/α,β-unsaturated/α-hetero) is 1. The topological polar surface area (TPSA) is 84.8 Å². The fourth-order valence-electron chi connectivity index (χ4n) is 4.10. The SMILES string of the molecule is O=C(Nc1ccccc1)c1ccc(C2CCC(C(=O)c3ccncc3C(F)(F)F)CC2)nn1. The minimum absolute atomic E-state index is 0.0345. The highest BCUT2D eigenvalue weighted by Gasteiger charge is 2.38. The fraction of sp³-hybridized carbons (Fsp3) is 0.292. The molecule has 1 amide bonds. The number of amides is 1. The van der Waals surface area contributed by atoms with E-state index >= 15 is 0 Å². The lowest BCUT2D eigenvalue weighted by atomic mass is 9.77. The summed E-state index contributed by atoms with van der Waals surface area (Å²) in [4.78, 5) is 28.6. The number of pyridine rings is 1. The van der Waals surface area contributed by atoms with Gasteiger partial charge < -0.3 is 5.32 Å². The van der Waals surface area contributed by atoms with E-state index in [1.54, 1.807) is 24.3 Å². The normalized spacial score (nSPS) is 18.5. The van der Waals surface area contributed by atoms with Crippen molar-refractivity contribution >= 4 is 17.4 Å². The van der Waals surface area contributed by atoms with Crippen LogP contribution in [0.2, 0.25) is 0 Å². The van der Waals surface area contributed by atoms with E-state index in [2.05, 4.69) is 20.5 Å². The number of halogens is 3. The number of aromatic nitrogens is 3. The second-order valence-corrected chi connectivity index (χ2v) is 8.00. The Balaban J connectivity index is 1.37. The Kier molecular flexibility index (Phi) is 6.48. The summed E-state index contributed by atoms with van der Waals surface area (Å²) in [7, 11) is 0. The molecule has 0 bridgehead atoms. The van der Waals surface area contributed by atoms with Gasteiger partial charge in [-0.25, -0.2) is 0 Å². The summed E-state index contributed by atoms with van der Waals surface area (Å²) in [5.41, 5.74) is 0.224. The van der Waals surface area contributed by atoms with Crippen molar-refractivity contribution in [2.75, 3.05) is 5.32 Å². The van der Waals surface area contributed by atoms with Gasteiger partial charge in [-0.3, -0.25) is 14.6 Å². The van der Waals surface area contributed by atoms with Crippen LogP contribution in [-0.2, 0) is 6.18 Å². The van der Waals surface area contributed by atoms with Gasteiger partial charge in [-0.15, -0.1) is 5.10 Å². The van der Waals surface area contributed by atoms with Crippen LogP contribution in [0.3, 0.4) is 0 Å². The van der Waals surface area contributed by atoms with Crippen LogP contribution in [-0.4, -0.2) is 26.9 Å². The largest absolute Gasteiger partial charge is 0.418 e. The molecule has 0 atom stereocenters. The zero-order valence-corrected chi connectivity index (χ0v) is 17.5. The van der Waals surface area contributed by atoms with Crippen molar-refractivity contribution in [2.45, 2.75) is 37.8 Å². The first-order chi connectivity index (χ1) is 15.8. The number of nitrogens with one attached hydrogen (secondary N) is 1. The van der Waals surface area contributed by atoms with Gasteiger partial charge in [-0.1, -0.05) is 18.2 Å². The summed E-state index contributed by atoms with van der Waals surface area (Å²) >= 11 is 0. The molecule has 0 aliphatic heterocycles. The van der Waals surface area contributed by atoms with Gasteiger partial charge in [0.25, 0.3) is 5.91 Å². The summed E-state index contributed by atoms with van der Waals surface area (Å²) in [6.45, 7) is 0. The second-order valence-electron chi connectivity index (χ2n) is 8.00. The van der Waals surface area contributed by atoms with Crippen LogP contribution in [0.25, 0.3) is 0 Å². The van der Waals surface area contributed by atoms with E-state index in [0.29, 0.717) is 43.3 Å². The third kappa shape index (κ3) is 5.24. The number of carbonyl (C=O) groups excluding carboxylic acids is 2. The molecular formula is C24H21F3N4O2. The van der Waals surface area contributed by atoms with Crippen molar-refractivity contribution in [3.05, 3.63) is 83.4 Å². The Hall–Kier alpha value is -3.62. The standard InChI is InChI=1S/C24H21F3N4O2/c25-24(26,27)19-14-28-13-12-18(19)22(32)16-8-6-15(7-9-16)20-10-11-21(31-30-20)23(33)29-17-4-2-1-3-5-17/h1-5,10-16H,6-9H2,(H,29,33). The van der Waals surface area contributed by atoms with Gasteiger partial charge in [-0.05, 0) is 56.0 Å². The van der Waals surface area contributed by atoms with Crippen LogP contribution in [0.4, 0.5) is 18.9 Å². The van der Waals surface area contributed by atoms with Crippen molar-refractivity contribution in [3.8, 4) is 0 Å². The second kappa shape index (κ2) is 9.48. The van der Waals surface area contributed by atoms with Crippen molar-refractivity contribution in [1.82, 2.24) is 15.2 Å². The molecule has 6 nitrogen and oxygen atoms in total. The lowest BCUT2D eigenvalue weighted by Gasteiger charge is -2.27. The van der Waals surface area contributed by atoms with Gasteiger partial charge in [0.15, 0.2) is 11.5 Å². The fourth-order valence-corrected chi connectivity index (χ4v) is 4.10. The van der Waals surface area contributed by atoms with E-state index < -0.39 is 23.4 Å². The van der Waals surface area contributed by atoms with Gasteiger partial charge in [0.1, 0.15) is 0 Å². The number of benzene rings is 1. The van der Waals surface area contributed by atoms with Crippen LogP contribution in [0.1, 0.15) is 63.7 Å². The van der Waals surface area contributed by atoms with Gasteiger partial charge in [0, 0.05) is 35.5 Å². The highest BCUT2D eigenvalue weighted by Crippen LogP contribution is 2.38. The minimum atomic E-state index is -4.62. The number of nitrogens with zero attached hydrogens (tertiary/aromatic N) is 3. The molecule has 9 heteroatoms. The first kappa shape index (κ1) is 22.6. The number of rotatable bonds is 5. The number of hydrogen-bond donors (Lipinski definition) is 1. The summed E-state index contributed by atoms with van der Waals surface area (Å²) in [6, 6.07) is 13.5. The molecule has 1 fully saturated rings. The molecular weight excluding hydrogens is 433 g/mol. The molecule has 2 aromatic heterocycles. The number of alkyl halides is 3. The Morgan fingerprint density at radius 1 is 0.909 bits per heavy atom. The van der Waals surface area contributed by atoms with E-state index in [1.807, 2.05) is 18.2 Å². The van der Waals surface area contributed by atoms with Gasteiger partial charge in [-0.2, -0.15) is 18.3 Å². The average Bonchev–Trinajstić information content (AvgIpc) is 2.84. The molecule has 1 saturated carbocycles. The highest BCUT2D eigenvalue weighted by atomic mass is 19.4. The Bertz CT molecular complexity index is 1130. The molecule has 2 heterocycles. The monoisotopic (exact) mass is 454 g/mol. The van der Waals surface area contributed by atoms with Crippen LogP contribution < -0.4 is 5.32 Å². The molecule has 0 radical (unpaired) electrons. The Morgan fingerprint density at radius 2 is 1.64 bits per heavy atom. The van der Waals surface area contributed by atoms with Crippen molar-refractivity contribution in [2.24, 2.45) is 5.92 Å². The van der Waals surface area contributed by atoms with Gasteiger partial charge >= 0.3 is 6.18 Å². The summed E-state index contributed by atoms with van der Waals surface area (Å²) in [5, 5.41) is 11.0. The molecule has 170 valence electrons. The third-order valence-electron chi connectivity index (χ3n) is 5.86. The maximum atomic E-state index is 13.2. The first-order valence-corrected chi connectivity index (χ1v) is 10.6. The van der Waals surface area contributed by atoms with Gasteiger partial charge in [0.2, 0.25) is 0 Å². The Morgan fingerprint density at radius 3 is 2.27 bits per heavy atom. The van der Waals surface area contributed by atoms with Crippen molar-refractivity contribution in [1.29, 1.82) is 0 Å². The lowest BCUT2D eigenvalue weighted by Crippen LogP contribution is -2.24. The van der Waals surface area contributed by atoms with Crippen LogP contribution >= 0.6 is 0 Å². The van der Waals surface area contributed by atoms with Crippen molar-refractivity contribution < 1.29 is 22.8 Å². The lowest BCUT2D eigenvalue weighted by molar-refractivity contribution is -0.138. The molecule has 0 saturated heterocycles. The molecule has 1 aromatic carbocycles. The summed E-state index contributed by atoms with van der Waals surface area (Å²) in [6.07, 6.45) is -0.591. The number of carbonyl (C=O) groups is 2. The molecule has 1 aliphatic carbocycles. The average molecular weight is 454 g/mol. The van der Waals surface area contributed by atoms with E-state index in [0.717, 1.165) is 6.07 Å².